The van der Waals surface area contributed by atoms with Crippen LogP contribution < -0.4 is 0 Å². The lowest BCUT2D eigenvalue weighted by atomic mass is 10.1. The molecule has 0 unspecified atom stereocenters. The summed E-state index contributed by atoms with van der Waals surface area (Å²) in [7, 11) is 0. The van der Waals surface area contributed by atoms with Gasteiger partial charge in [0.15, 0.2) is 5.69 Å². The molecular weight excluding hydrogens is 228 g/mol. The molecule has 0 fully saturated rings. The van der Waals surface area contributed by atoms with E-state index in [1.807, 2.05) is 30.3 Å². The fourth-order valence-electron chi connectivity index (χ4n) is 1.42. The van der Waals surface area contributed by atoms with Crippen LogP contribution in [0.1, 0.15) is 21.7 Å². The SMILES string of the molecule is O=C(O)c1n[nH]c(Cc2ccccc2)c1Cl. The number of carboxylic acid groups (broad SMARTS) is 1. The first-order valence-electron chi connectivity index (χ1n) is 4.68. The maximum atomic E-state index is 10.7. The van der Waals surface area contributed by atoms with Crippen molar-refractivity contribution in [2.24, 2.45) is 0 Å². The molecule has 2 rings (SSSR count). The van der Waals surface area contributed by atoms with E-state index >= 15 is 0 Å². The molecule has 2 N–H and O–H groups in total. The van der Waals surface area contributed by atoms with Gasteiger partial charge in [-0.25, -0.2) is 4.79 Å². The summed E-state index contributed by atoms with van der Waals surface area (Å²) in [5, 5.41) is 15.3. The van der Waals surface area contributed by atoms with E-state index in [9.17, 15) is 4.79 Å². The molecule has 0 spiro atoms. The van der Waals surface area contributed by atoms with Crippen molar-refractivity contribution in [1.82, 2.24) is 10.2 Å². The lowest BCUT2D eigenvalue weighted by Crippen LogP contribution is -1.97. The normalized spacial score (nSPS) is 10.3. The number of hydrogen-bond acceptors (Lipinski definition) is 2. The summed E-state index contributed by atoms with van der Waals surface area (Å²) in [5.74, 6) is -1.12. The number of benzene rings is 1. The zero-order chi connectivity index (χ0) is 11.5. The van der Waals surface area contributed by atoms with Crippen LogP contribution in [-0.2, 0) is 6.42 Å². The molecule has 5 heteroatoms. The Morgan fingerprint density at radius 3 is 2.62 bits per heavy atom. The Hall–Kier alpha value is -1.81. The van der Waals surface area contributed by atoms with Crippen LogP contribution in [0.2, 0.25) is 5.02 Å². The first-order valence-corrected chi connectivity index (χ1v) is 5.06. The molecule has 4 nitrogen and oxygen atoms in total. The number of hydrogen-bond donors (Lipinski definition) is 2. The van der Waals surface area contributed by atoms with E-state index in [-0.39, 0.29) is 10.7 Å². The molecule has 0 amide bonds. The van der Waals surface area contributed by atoms with Gasteiger partial charge in [0.2, 0.25) is 0 Å². The second-order valence-corrected chi connectivity index (χ2v) is 3.71. The molecule has 0 aliphatic carbocycles. The van der Waals surface area contributed by atoms with Gasteiger partial charge in [-0.15, -0.1) is 0 Å². The van der Waals surface area contributed by atoms with Crippen LogP contribution in [0.25, 0.3) is 0 Å². The predicted octanol–water partition coefficient (Wildman–Crippen LogP) is 2.35. The van der Waals surface area contributed by atoms with Crippen LogP contribution in [0.4, 0.5) is 0 Å². The van der Waals surface area contributed by atoms with Crippen molar-refractivity contribution in [2.75, 3.05) is 0 Å². The maximum absolute atomic E-state index is 10.7. The lowest BCUT2D eigenvalue weighted by Gasteiger charge is -1.98. The fourth-order valence-corrected chi connectivity index (χ4v) is 1.66. The van der Waals surface area contributed by atoms with E-state index in [4.69, 9.17) is 16.7 Å². The Labute approximate surface area is 96.9 Å². The van der Waals surface area contributed by atoms with Crippen LogP contribution in [0.3, 0.4) is 0 Å². The smallest absolute Gasteiger partial charge is 0.357 e. The quantitative estimate of drug-likeness (QED) is 0.860. The van der Waals surface area contributed by atoms with Gasteiger partial charge in [-0.1, -0.05) is 41.9 Å². The molecule has 1 aromatic heterocycles. The Balaban J connectivity index is 2.26. The second-order valence-electron chi connectivity index (χ2n) is 3.33. The highest BCUT2D eigenvalue weighted by atomic mass is 35.5. The number of halogens is 1. The third-order valence-corrected chi connectivity index (χ3v) is 2.61. The number of H-pyrrole nitrogens is 1. The molecule has 1 aromatic carbocycles. The van der Waals surface area contributed by atoms with Crippen molar-refractivity contribution in [3.05, 3.63) is 52.3 Å². The van der Waals surface area contributed by atoms with E-state index in [0.29, 0.717) is 12.1 Å². The van der Waals surface area contributed by atoms with Crippen molar-refractivity contribution in [3.63, 3.8) is 0 Å². The number of nitrogens with zero attached hydrogens (tertiary/aromatic N) is 1. The van der Waals surface area contributed by atoms with Crippen molar-refractivity contribution < 1.29 is 9.90 Å². The summed E-state index contributed by atoms with van der Waals surface area (Å²) in [4.78, 5) is 10.7. The van der Waals surface area contributed by atoms with E-state index in [2.05, 4.69) is 10.2 Å². The van der Waals surface area contributed by atoms with Crippen LogP contribution in [0.15, 0.2) is 30.3 Å². The molecule has 0 atom stereocenters. The summed E-state index contributed by atoms with van der Waals surface area (Å²) >= 11 is 5.89. The van der Waals surface area contributed by atoms with Gasteiger partial charge in [0, 0.05) is 6.42 Å². The molecule has 82 valence electrons. The maximum Gasteiger partial charge on any atom is 0.357 e. The highest BCUT2D eigenvalue weighted by molar-refractivity contribution is 6.33. The Bertz CT molecular complexity index is 508. The van der Waals surface area contributed by atoms with Gasteiger partial charge in [0.1, 0.15) is 0 Å². The molecule has 0 saturated heterocycles. The Morgan fingerprint density at radius 2 is 2.06 bits per heavy atom. The van der Waals surface area contributed by atoms with Gasteiger partial charge in [0.25, 0.3) is 0 Å². The number of aromatic amines is 1. The topological polar surface area (TPSA) is 66.0 Å². The van der Waals surface area contributed by atoms with Gasteiger partial charge in [0.05, 0.1) is 10.7 Å². The zero-order valence-corrected chi connectivity index (χ0v) is 9.03. The third kappa shape index (κ3) is 2.06. The summed E-state index contributed by atoms with van der Waals surface area (Å²) in [6.45, 7) is 0. The average molecular weight is 237 g/mol. The van der Waals surface area contributed by atoms with E-state index in [1.165, 1.54) is 0 Å². The highest BCUT2D eigenvalue weighted by Crippen LogP contribution is 2.20. The van der Waals surface area contributed by atoms with Crippen molar-refractivity contribution >= 4 is 17.6 Å². The summed E-state index contributed by atoms with van der Waals surface area (Å²) in [6.07, 6.45) is 0.542. The molecule has 0 bridgehead atoms. The largest absolute Gasteiger partial charge is 0.476 e. The second kappa shape index (κ2) is 4.37. The molecule has 0 aliphatic heterocycles. The van der Waals surface area contributed by atoms with Crippen molar-refractivity contribution in [1.29, 1.82) is 0 Å². The molecule has 0 aliphatic rings. The third-order valence-electron chi connectivity index (χ3n) is 2.20. The van der Waals surface area contributed by atoms with Gasteiger partial charge in [-0.3, -0.25) is 5.10 Å². The first kappa shape index (κ1) is 10.7. The molecule has 16 heavy (non-hydrogen) atoms. The van der Waals surface area contributed by atoms with Crippen LogP contribution in [0, 0.1) is 0 Å². The van der Waals surface area contributed by atoms with Crippen molar-refractivity contribution in [2.45, 2.75) is 6.42 Å². The van der Waals surface area contributed by atoms with Gasteiger partial charge in [-0.05, 0) is 5.56 Å². The number of carboxylic acids is 1. The minimum Gasteiger partial charge on any atom is -0.476 e. The van der Waals surface area contributed by atoms with Gasteiger partial charge >= 0.3 is 5.97 Å². The number of nitrogens with one attached hydrogen (secondary N) is 1. The highest BCUT2D eigenvalue weighted by Gasteiger charge is 2.16. The standard InChI is InChI=1S/C11H9ClN2O2/c12-9-8(13-14-10(9)11(15)16)6-7-4-2-1-3-5-7/h1-5H,6H2,(H,13,14)(H,15,16). The van der Waals surface area contributed by atoms with Crippen molar-refractivity contribution in [3.8, 4) is 0 Å². The number of aromatic carboxylic acids is 1. The Kier molecular flexibility index (Phi) is 2.92. The lowest BCUT2D eigenvalue weighted by molar-refractivity contribution is 0.0690. The van der Waals surface area contributed by atoms with E-state index in [0.717, 1.165) is 5.56 Å². The summed E-state index contributed by atoms with van der Waals surface area (Å²) in [5.41, 5.74) is 1.53. The minimum absolute atomic E-state index is 0.132. The monoisotopic (exact) mass is 236 g/mol. The number of carbonyl (C=O) groups is 1. The van der Waals surface area contributed by atoms with Crippen LogP contribution in [0.5, 0.6) is 0 Å². The molecule has 0 saturated carbocycles. The Morgan fingerprint density at radius 1 is 1.38 bits per heavy atom. The van der Waals surface area contributed by atoms with E-state index < -0.39 is 5.97 Å². The van der Waals surface area contributed by atoms with Gasteiger partial charge in [-0.2, -0.15) is 5.10 Å². The number of rotatable bonds is 3. The van der Waals surface area contributed by atoms with E-state index in [1.54, 1.807) is 0 Å². The number of aromatic nitrogens is 2. The van der Waals surface area contributed by atoms with Gasteiger partial charge < -0.3 is 5.11 Å². The predicted molar refractivity (Wildman–Crippen MR) is 59.8 cm³/mol. The molecular formula is C11H9ClN2O2. The first-order chi connectivity index (χ1) is 7.68. The minimum atomic E-state index is -1.12. The summed E-state index contributed by atoms with van der Waals surface area (Å²) < 4.78 is 0. The average Bonchev–Trinajstić information content (AvgIpc) is 2.62. The molecule has 1 heterocycles. The fraction of sp³-hybridized carbons (Fsp3) is 0.0909. The van der Waals surface area contributed by atoms with Crippen LogP contribution in [-0.4, -0.2) is 21.3 Å². The molecule has 0 radical (unpaired) electrons. The molecule has 2 aromatic rings. The summed E-state index contributed by atoms with van der Waals surface area (Å²) in [6, 6.07) is 9.63. The zero-order valence-electron chi connectivity index (χ0n) is 8.27. The van der Waals surface area contributed by atoms with Crippen LogP contribution >= 0.6 is 11.6 Å².